The monoisotopic (exact) mass is 401 g/mol. The van der Waals surface area contributed by atoms with Crippen LogP contribution in [0.15, 0.2) is 16.9 Å². The van der Waals surface area contributed by atoms with Crippen LogP contribution in [0.2, 0.25) is 5.15 Å². The van der Waals surface area contributed by atoms with Crippen molar-refractivity contribution in [2.75, 3.05) is 0 Å². The Kier molecular flexibility index (Phi) is 3.35. The molecule has 0 N–H and O–H groups in total. The second kappa shape index (κ2) is 4.38. The molecule has 0 spiro atoms. The summed E-state index contributed by atoms with van der Waals surface area (Å²) >= 11 is 12.8. The van der Waals surface area contributed by atoms with Crippen LogP contribution in [-0.4, -0.2) is 15.0 Å². The summed E-state index contributed by atoms with van der Waals surface area (Å²) in [5.41, 5.74) is 0. The fourth-order valence-corrected chi connectivity index (χ4v) is 2.48. The molecule has 2 aromatic rings. The van der Waals surface area contributed by atoms with Gasteiger partial charge in [0.05, 0.1) is 13.6 Å². The largest absolute Gasteiger partial charge is 0.240 e. The van der Waals surface area contributed by atoms with E-state index < -0.39 is 0 Å². The van der Waals surface area contributed by atoms with Crippen LogP contribution in [0.1, 0.15) is 0 Å². The quantitative estimate of drug-likeness (QED) is 0.540. The molecule has 0 aromatic carbocycles. The molecule has 0 aliphatic rings. The third kappa shape index (κ3) is 2.23. The van der Waals surface area contributed by atoms with Crippen LogP contribution in [-0.2, 0) is 0 Å². The Balaban J connectivity index is 2.47. The SMILES string of the molecule is Clc1nc(-c2ncc(I)s2)ncc1Br. The Bertz CT molecular complexity index is 476. The van der Waals surface area contributed by atoms with Crippen molar-refractivity contribution in [2.24, 2.45) is 0 Å². The van der Waals surface area contributed by atoms with E-state index in [1.807, 2.05) is 0 Å². The van der Waals surface area contributed by atoms with Crippen molar-refractivity contribution >= 4 is 61.5 Å². The predicted molar refractivity (Wildman–Crippen MR) is 68.6 cm³/mol. The minimum atomic E-state index is 0.403. The van der Waals surface area contributed by atoms with E-state index in [2.05, 4.69) is 53.5 Å². The maximum absolute atomic E-state index is 5.85. The molecular weight excluding hydrogens is 400 g/mol. The summed E-state index contributed by atoms with van der Waals surface area (Å²) in [6, 6.07) is 0. The minimum absolute atomic E-state index is 0.403. The van der Waals surface area contributed by atoms with E-state index in [4.69, 9.17) is 11.6 Å². The third-order valence-corrected chi connectivity index (χ3v) is 4.19. The van der Waals surface area contributed by atoms with E-state index in [0.29, 0.717) is 15.5 Å². The van der Waals surface area contributed by atoms with Crippen LogP contribution < -0.4 is 0 Å². The highest BCUT2D eigenvalue weighted by atomic mass is 127. The van der Waals surface area contributed by atoms with Crippen molar-refractivity contribution in [1.29, 1.82) is 0 Å². The van der Waals surface area contributed by atoms with Crippen molar-refractivity contribution < 1.29 is 0 Å². The molecule has 0 aliphatic carbocycles. The Morgan fingerprint density at radius 3 is 2.71 bits per heavy atom. The van der Waals surface area contributed by atoms with Gasteiger partial charge in [-0.1, -0.05) is 11.6 Å². The highest BCUT2D eigenvalue weighted by molar-refractivity contribution is 14.1. The van der Waals surface area contributed by atoms with E-state index in [9.17, 15) is 0 Å². The van der Waals surface area contributed by atoms with Crippen LogP contribution in [0.4, 0.5) is 0 Å². The van der Waals surface area contributed by atoms with Gasteiger partial charge in [-0.05, 0) is 38.5 Å². The van der Waals surface area contributed by atoms with Gasteiger partial charge in [-0.3, -0.25) is 0 Å². The van der Waals surface area contributed by atoms with Crippen molar-refractivity contribution in [3.8, 4) is 10.8 Å². The molecule has 2 aromatic heterocycles. The van der Waals surface area contributed by atoms with Crippen molar-refractivity contribution in [3.05, 3.63) is 24.9 Å². The van der Waals surface area contributed by atoms with Crippen molar-refractivity contribution in [3.63, 3.8) is 0 Å². The Morgan fingerprint density at radius 1 is 1.36 bits per heavy atom. The lowest BCUT2D eigenvalue weighted by Gasteiger charge is -1.96. The zero-order chi connectivity index (χ0) is 10.1. The van der Waals surface area contributed by atoms with E-state index in [1.165, 1.54) is 11.3 Å². The number of nitrogens with zero attached hydrogens (tertiary/aromatic N) is 3. The average Bonchev–Trinajstić information content (AvgIpc) is 2.57. The zero-order valence-electron chi connectivity index (χ0n) is 6.54. The molecule has 0 aliphatic heterocycles. The number of aromatic nitrogens is 3. The molecule has 3 nitrogen and oxygen atoms in total. The van der Waals surface area contributed by atoms with Crippen molar-refractivity contribution in [1.82, 2.24) is 15.0 Å². The van der Waals surface area contributed by atoms with Crippen LogP contribution in [0.25, 0.3) is 10.8 Å². The normalized spacial score (nSPS) is 10.5. The maximum Gasteiger partial charge on any atom is 0.190 e. The summed E-state index contributed by atoms with van der Waals surface area (Å²) in [6.45, 7) is 0. The summed E-state index contributed by atoms with van der Waals surface area (Å²) in [6.07, 6.45) is 3.40. The number of hydrogen-bond donors (Lipinski definition) is 0. The summed E-state index contributed by atoms with van der Waals surface area (Å²) in [5.74, 6) is 0.561. The van der Waals surface area contributed by atoms with E-state index in [0.717, 1.165) is 7.89 Å². The van der Waals surface area contributed by atoms with E-state index >= 15 is 0 Å². The van der Waals surface area contributed by atoms with Gasteiger partial charge < -0.3 is 0 Å². The zero-order valence-corrected chi connectivity index (χ0v) is 11.9. The first kappa shape index (κ1) is 10.7. The Hall–Kier alpha value is 0.210. The molecule has 2 rings (SSSR count). The fraction of sp³-hybridized carbons (Fsp3) is 0. The smallest absolute Gasteiger partial charge is 0.190 e. The molecule has 7 heteroatoms. The van der Waals surface area contributed by atoms with Gasteiger partial charge in [-0.25, -0.2) is 15.0 Å². The van der Waals surface area contributed by atoms with Gasteiger partial charge in [0.15, 0.2) is 10.8 Å². The van der Waals surface area contributed by atoms with Gasteiger partial charge in [-0.2, -0.15) is 0 Å². The molecular formula is C7H2BrClIN3S. The number of thiazole rings is 1. The predicted octanol–water partition coefficient (Wildman–Crippen LogP) is 3.62. The van der Waals surface area contributed by atoms with Gasteiger partial charge in [0, 0.05) is 6.20 Å². The molecule has 0 bridgehead atoms. The lowest BCUT2D eigenvalue weighted by atomic mass is 10.6. The molecule has 0 saturated heterocycles. The van der Waals surface area contributed by atoms with Crippen LogP contribution in [0, 0.1) is 2.88 Å². The second-order valence-electron chi connectivity index (χ2n) is 2.30. The van der Waals surface area contributed by atoms with Gasteiger partial charge in [0.1, 0.15) is 5.15 Å². The molecule has 0 unspecified atom stereocenters. The highest BCUT2D eigenvalue weighted by Crippen LogP contribution is 2.26. The van der Waals surface area contributed by atoms with Crippen molar-refractivity contribution in [2.45, 2.75) is 0 Å². The third-order valence-electron chi connectivity index (χ3n) is 1.37. The lowest BCUT2D eigenvalue weighted by molar-refractivity contribution is 1.15. The van der Waals surface area contributed by atoms with E-state index in [1.54, 1.807) is 12.4 Å². The first-order valence-corrected chi connectivity index (χ1v) is 6.53. The standard InChI is InChI=1S/C7H2BrClIN3S/c8-3-1-11-6(13-5(3)9)7-12-2-4(10)14-7/h1-2H. The molecule has 0 amide bonds. The Morgan fingerprint density at radius 2 is 2.14 bits per heavy atom. The molecule has 14 heavy (non-hydrogen) atoms. The lowest BCUT2D eigenvalue weighted by Crippen LogP contribution is -1.88. The topological polar surface area (TPSA) is 38.7 Å². The molecule has 0 saturated carbocycles. The minimum Gasteiger partial charge on any atom is -0.240 e. The molecule has 0 atom stereocenters. The number of rotatable bonds is 1. The van der Waals surface area contributed by atoms with Crippen LogP contribution in [0.3, 0.4) is 0 Å². The Labute approximate surface area is 111 Å². The summed E-state index contributed by atoms with van der Waals surface area (Å²) in [7, 11) is 0. The van der Waals surface area contributed by atoms with Gasteiger partial charge in [0.25, 0.3) is 0 Å². The summed E-state index contributed by atoms with van der Waals surface area (Å²) < 4.78 is 1.79. The summed E-state index contributed by atoms with van der Waals surface area (Å²) in [5, 5.41) is 1.18. The second-order valence-corrected chi connectivity index (χ2v) is 6.44. The van der Waals surface area contributed by atoms with Gasteiger partial charge in [-0.15, -0.1) is 11.3 Å². The molecule has 2 heterocycles. The maximum atomic E-state index is 5.85. The average molecular weight is 402 g/mol. The molecule has 72 valence electrons. The summed E-state index contributed by atoms with van der Waals surface area (Å²) in [4.78, 5) is 12.4. The fourth-order valence-electron chi connectivity index (χ4n) is 0.807. The number of hydrogen-bond acceptors (Lipinski definition) is 4. The number of halogens is 3. The van der Waals surface area contributed by atoms with Gasteiger partial charge in [0.2, 0.25) is 0 Å². The first-order chi connectivity index (χ1) is 6.66. The van der Waals surface area contributed by atoms with Gasteiger partial charge >= 0.3 is 0 Å². The first-order valence-electron chi connectivity index (χ1n) is 3.46. The van der Waals surface area contributed by atoms with Crippen LogP contribution in [0.5, 0.6) is 0 Å². The molecule has 0 radical (unpaired) electrons. The van der Waals surface area contributed by atoms with Crippen LogP contribution >= 0.6 is 61.5 Å². The molecule has 0 fully saturated rings. The van der Waals surface area contributed by atoms with E-state index in [-0.39, 0.29) is 0 Å². The highest BCUT2D eigenvalue weighted by Gasteiger charge is 2.08.